The largest absolute Gasteiger partial charge is 0.302 e. The van der Waals surface area contributed by atoms with Crippen LogP contribution in [0.25, 0.3) is 0 Å². The fourth-order valence-electron chi connectivity index (χ4n) is 4.10. The zero-order chi connectivity index (χ0) is 20.9. The number of nitrogens with zero attached hydrogens (tertiary/aromatic N) is 2. The summed E-state index contributed by atoms with van der Waals surface area (Å²) in [7, 11) is 0. The van der Waals surface area contributed by atoms with E-state index >= 15 is 0 Å². The Hall–Kier alpha value is -0.0800. The van der Waals surface area contributed by atoms with Gasteiger partial charge in [-0.15, -0.1) is 0 Å². The summed E-state index contributed by atoms with van der Waals surface area (Å²) in [5.74, 6) is 0. The number of unbranched alkanes of at least 4 members (excludes halogenated alkanes) is 9. The SMILES string of the molecule is CCCCCCCCC(CN(CCCC)CCCC)N(CCCC)CCCC. The lowest BCUT2D eigenvalue weighted by molar-refractivity contribution is 0.123. The van der Waals surface area contributed by atoms with E-state index in [1.165, 1.54) is 129 Å². The summed E-state index contributed by atoms with van der Waals surface area (Å²) < 4.78 is 0. The van der Waals surface area contributed by atoms with Crippen molar-refractivity contribution in [3.8, 4) is 0 Å². The van der Waals surface area contributed by atoms with Crippen LogP contribution in [0, 0.1) is 0 Å². The summed E-state index contributed by atoms with van der Waals surface area (Å²) in [6, 6.07) is 0.776. The van der Waals surface area contributed by atoms with Crippen molar-refractivity contribution in [3.05, 3.63) is 0 Å². The smallest absolute Gasteiger partial charge is 0.0223 e. The zero-order valence-corrected chi connectivity index (χ0v) is 20.6. The van der Waals surface area contributed by atoms with Crippen molar-refractivity contribution in [2.75, 3.05) is 32.7 Å². The minimum absolute atomic E-state index is 0.776. The molecule has 0 spiro atoms. The van der Waals surface area contributed by atoms with Gasteiger partial charge in [-0.25, -0.2) is 0 Å². The predicted molar refractivity (Wildman–Crippen MR) is 129 cm³/mol. The summed E-state index contributed by atoms with van der Waals surface area (Å²) in [6.45, 7) is 18.2. The average molecular weight is 397 g/mol. The van der Waals surface area contributed by atoms with Gasteiger partial charge in [0, 0.05) is 12.6 Å². The molecule has 2 heteroatoms. The van der Waals surface area contributed by atoms with Crippen LogP contribution < -0.4 is 0 Å². The normalized spacial score (nSPS) is 13.0. The standard InChI is InChI=1S/C26H56N2/c1-6-11-16-17-18-19-20-26(28(23-14-9-4)24-15-10-5)25-27(21-12-7-2)22-13-8-3/h26H,6-25H2,1-5H3. The summed E-state index contributed by atoms with van der Waals surface area (Å²) in [4.78, 5) is 5.68. The Morgan fingerprint density at radius 1 is 0.464 bits per heavy atom. The van der Waals surface area contributed by atoms with E-state index in [0.29, 0.717) is 0 Å². The van der Waals surface area contributed by atoms with E-state index in [0.717, 1.165) is 6.04 Å². The topological polar surface area (TPSA) is 6.48 Å². The molecule has 0 aliphatic carbocycles. The number of hydrogen-bond donors (Lipinski definition) is 0. The molecule has 0 saturated carbocycles. The second-order valence-corrected chi connectivity index (χ2v) is 8.96. The van der Waals surface area contributed by atoms with Gasteiger partial charge < -0.3 is 4.90 Å². The average Bonchev–Trinajstić information content (AvgIpc) is 2.71. The van der Waals surface area contributed by atoms with Crippen LogP contribution in [-0.2, 0) is 0 Å². The highest BCUT2D eigenvalue weighted by Crippen LogP contribution is 2.16. The van der Waals surface area contributed by atoms with Gasteiger partial charge in [0.05, 0.1) is 0 Å². The molecule has 0 aromatic carbocycles. The molecule has 0 saturated heterocycles. The molecule has 0 rings (SSSR count). The Morgan fingerprint density at radius 2 is 0.893 bits per heavy atom. The van der Waals surface area contributed by atoms with Crippen molar-refractivity contribution >= 4 is 0 Å². The highest BCUT2D eigenvalue weighted by molar-refractivity contribution is 4.77. The van der Waals surface area contributed by atoms with E-state index in [1.807, 2.05) is 0 Å². The molecular weight excluding hydrogens is 340 g/mol. The van der Waals surface area contributed by atoms with Gasteiger partial charge in [-0.3, -0.25) is 4.90 Å². The van der Waals surface area contributed by atoms with E-state index in [1.54, 1.807) is 0 Å². The van der Waals surface area contributed by atoms with Gasteiger partial charge in [0.1, 0.15) is 0 Å². The Morgan fingerprint density at radius 3 is 1.39 bits per heavy atom. The summed E-state index contributed by atoms with van der Waals surface area (Å²) in [6.07, 6.45) is 20.7. The Balaban J connectivity index is 4.85. The van der Waals surface area contributed by atoms with Crippen LogP contribution in [0.2, 0.25) is 0 Å². The summed E-state index contributed by atoms with van der Waals surface area (Å²) in [5, 5.41) is 0. The van der Waals surface area contributed by atoms with Crippen LogP contribution in [0.5, 0.6) is 0 Å². The van der Waals surface area contributed by atoms with Crippen molar-refractivity contribution in [3.63, 3.8) is 0 Å². The minimum Gasteiger partial charge on any atom is -0.302 e. The molecule has 0 fully saturated rings. The molecule has 0 aliphatic heterocycles. The van der Waals surface area contributed by atoms with Crippen LogP contribution in [0.15, 0.2) is 0 Å². The molecule has 0 aliphatic rings. The number of hydrogen-bond acceptors (Lipinski definition) is 2. The first kappa shape index (κ1) is 27.9. The van der Waals surface area contributed by atoms with E-state index in [-0.39, 0.29) is 0 Å². The maximum atomic E-state index is 2.88. The lowest BCUT2D eigenvalue weighted by atomic mass is 10.0. The minimum atomic E-state index is 0.776. The van der Waals surface area contributed by atoms with Crippen molar-refractivity contribution in [2.45, 2.75) is 137 Å². The van der Waals surface area contributed by atoms with Crippen molar-refractivity contribution in [1.82, 2.24) is 9.80 Å². The third-order valence-electron chi connectivity index (χ3n) is 6.13. The highest BCUT2D eigenvalue weighted by Gasteiger charge is 2.20. The quantitative estimate of drug-likeness (QED) is 0.171. The Labute approximate surface area is 179 Å². The zero-order valence-electron chi connectivity index (χ0n) is 20.6. The molecule has 28 heavy (non-hydrogen) atoms. The van der Waals surface area contributed by atoms with Crippen LogP contribution >= 0.6 is 0 Å². The van der Waals surface area contributed by atoms with Crippen LogP contribution in [0.3, 0.4) is 0 Å². The fraction of sp³-hybridized carbons (Fsp3) is 1.00. The first-order chi connectivity index (χ1) is 13.7. The lowest BCUT2D eigenvalue weighted by Gasteiger charge is -2.36. The van der Waals surface area contributed by atoms with Gasteiger partial charge in [0.2, 0.25) is 0 Å². The maximum absolute atomic E-state index is 2.88. The first-order valence-corrected chi connectivity index (χ1v) is 13.2. The molecule has 0 bridgehead atoms. The van der Waals surface area contributed by atoms with Crippen molar-refractivity contribution < 1.29 is 0 Å². The second-order valence-electron chi connectivity index (χ2n) is 8.96. The van der Waals surface area contributed by atoms with Crippen molar-refractivity contribution in [1.29, 1.82) is 0 Å². The maximum Gasteiger partial charge on any atom is 0.0223 e. The van der Waals surface area contributed by atoms with Gasteiger partial charge in [0.25, 0.3) is 0 Å². The van der Waals surface area contributed by atoms with Gasteiger partial charge >= 0.3 is 0 Å². The van der Waals surface area contributed by atoms with Crippen LogP contribution in [0.4, 0.5) is 0 Å². The third kappa shape index (κ3) is 15.8. The lowest BCUT2D eigenvalue weighted by Crippen LogP contribution is -2.45. The number of rotatable bonds is 22. The van der Waals surface area contributed by atoms with E-state index in [2.05, 4.69) is 44.4 Å². The van der Waals surface area contributed by atoms with Gasteiger partial charge in [-0.2, -0.15) is 0 Å². The van der Waals surface area contributed by atoms with E-state index < -0.39 is 0 Å². The highest BCUT2D eigenvalue weighted by atomic mass is 15.2. The van der Waals surface area contributed by atoms with Gasteiger partial charge in [-0.1, -0.05) is 98.8 Å². The summed E-state index contributed by atoms with van der Waals surface area (Å²) in [5.41, 5.74) is 0. The summed E-state index contributed by atoms with van der Waals surface area (Å²) >= 11 is 0. The van der Waals surface area contributed by atoms with Crippen LogP contribution in [0.1, 0.15) is 131 Å². The fourth-order valence-corrected chi connectivity index (χ4v) is 4.10. The molecule has 1 atom stereocenters. The van der Waals surface area contributed by atoms with E-state index in [9.17, 15) is 0 Å². The Kier molecular flexibility index (Phi) is 21.6. The Bertz CT molecular complexity index is 276. The first-order valence-electron chi connectivity index (χ1n) is 13.2. The molecule has 0 amide bonds. The monoisotopic (exact) mass is 396 g/mol. The molecular formula is C26H56N2. The molecule has 0 radical (unpaired) electrons. The predicted octanol–water partition coefficient (Wildman–Crippen LogP) is 7.91. The van der Waals surface area contributed by atoms with Gasteiger partial charge in [0.15, 0.2) is 0 Å². The van der Waals surface area contributed by atoms with Crippen molar-refractivity contribution in [2.24, 2.45) is 0 Å². The van der Waals surface area contributed by atoms with E-state index in [4.69, 9.17) is 0 Å². The molecule has 0 aromatic heterocycles. The van der Waals surface area contributed by atoms with Gasteiger partial charge in [-0.05, 0) is 58.3 Å². The molecule has 2 nitrogen and oxygen atoms in total. The van der Waals surface area contributed by atoms with Crippen LogP contribution in [-0.4, -0.2) is 48.6 Å². The molecule has 0 heterocycles. The molecule has 170 valence electrons. The third-order valence-corrected chi connectivity index (χ3v) is 6.13. The molecule has 0 aromatic rings. The second kappa shape index (κ2) is 21.6. The molecule has 0 N–H and O–H groups in total. The molecule has 1 unspecified atom stereocenters.